The first-order valence-corrected chi connectivity index (χ1v) is 4.55. The zero-order valence-electron chi connectivity index (χ0n) is 7.93. The van der Waals surface area contributed by atoms with Crippen LogP contribution in [0.4, 0.5) is 0 Å². The third-order valence-corrected chi connectivity index (χ3v) is 2.25. The Morgan fingerprint density at radius 1 is 1.17 bits per heavy atom. The Hall–Kier alpha value is -1.04. The first kappa shape index (κ1) is 9.05. The summed E-state index contributed by atoms with van der Waals surface area (Å²) in [4.78, 5) is 0. The second-order valence-electron chi connectivity index (χ2n) is 2.97. The summed E-state index contributed by atoms with van der Waals surface area (Å²) in [7, 11) is 0. The Morgan fingerprint density at radius 2 is 1.75 bits per heavy atom. The second-order valence-corrected chi connectivity index (χ2v) is 2.97. The van der Waals surface area contributed by atoms with Crippen LogP contribution in [-0.2, 0) is 0 Å². The summed E-state index contributed by atoms with van der Waals surface area (Å²) in [6, 6.07) is 8.34. The molecule has 0 aliphatic heterocycles. The first-order chi connectivity index (χ1) is 5.79. The maximum absolute atomic E-state index is 4.02. The highest BCUT2D eigenvalue weighted by Crippen LogP contribution is 2.02. The fourth-order valence-electron chi connectivity index (χ4n) is 1.50. The van der Waals surface area contributed by atoms with Gasteiger partial charge in [0.2, 0.25) is 0 Å². The van der Waals surface area contributed by atoms with Gasteiger partial charge in [-0.05, 0) is 23.3 Å². The smallest absolute Gasteiger partial charge is 0.0198 e. The van der Waals surface area contributed by atoms with Gasteiger partial charge in [-0.25, -0.2) is 0 Å². The lowest BCUT2D eigenvalue weighted by Crippen LogP contribution is -2.24. The molecule has 1 aromatic rings. The summed E-state index contributed by atoms with van der Waals surface area (Å²) >= 11 is 0. The van der Waals surface area contributed by atoms with Crippen molar-refractivity contribution in [3.8, 4) is 0 Å². The standard InChI is InChI=1S/C12H16/c1-4-11(5-2)12-9-7-6-8-10(12)3/h6-9H,3-5H2,1-2H3. The van der Waals surface area contributed by atoms with Crippen molar-refractivity contribution in [3.05, 3.63) is 34.7 Å². The van der Waals surface area contributed by atoms with Gasteiger partial charge in [0.15, 0.2) is 0 Å². The molecule has 0 aliphatic rings. The lowest BCUT2D eigenvalue weighted by Gasteiger charge is -1.99. The van der Waals surface area contributed by atoms with Crippen LogP contribution in [0.2, 0.25) is 0 Å². The fraction of sp³-hybridized carbons (Fsp3) is 0.333. The molecule has 0 aliphatic carbocycles. The number of benzene rings is 1. The molecule has 0 aromatic heterocycles. The molecule has 0 amide bonds. The van der Waals surface area contributed by atoms with Gasteiger partial charge in [0.25, 0.3) is 0 Å². The van der Waals surface area contributed by atoms with E-state index in [1.165, 1.54) is 10.8 Å². The first-order valence-electron chi connectivity index (χ1n) is 4.55. The Labute approximate surface area is 74.2 Å². The summed E-state index contributed by atoms with van der Waals surface area (Å²) in [6.07, 6.45) is 2.26. The Bertz CT molecular complexity index is 341. The van der Waals surface area contributed by atoms with Gasteiger partial charge in [0.05, 0.1) is 0 Å². The van der Waals surface area contributed by atoms with Crippen LogP contribution in [0, 0.1) is 0 Å². The van der Waals surface area contributed by atoms with E-state index in [0.717, 1.165) is 18.1 Å². The van der Waals surface area contributed by atoms with E-state index in [-0.39, 0.29) is 0 Å². The van der Waals surface area contributed by atoms with Gasteiger partial charge in [0, 0.05) is 0 Å². The molecule has 0 N–H and O–H groups in total. The third-order valence-electron chi connectivity index (χ3n) is 2.25. The van der Waals surface area contributed by atoms with Crippen LogP contribution in [0.3, 0.4) is 0 Å². The third kappa shape index (κ3) is 1.76. The van der Waals surface area contributed by atoms with Gasteiger partial charge in [-0.15, -0.1) is 0 Å². The fourth-order valence-corrected chi connectivity index (χ4v) is 1.50. The van der Waals surface area contributed by atoms with Gasteiger partial charge >= 0.3 is 0 Å². The van der Waals surface area contributed by atoms with Crippen molar-refractivity contribution in [2.45, 2.75) is 26.7 Å². The van der Waals surface area contributed by atoms with E-state index in [1.807, 2.05) is 6.07 Å². The van der Waals surface area contributed by atoms with Crippen molar-refractivity contribution < 1.29 is 0 Å². The minimum atomic E-state index is 1.13. The molecule has 1 aromatic carbocycles. The van der Waals surface area contributed by atoms with Crippen molar-refractivity contribution in [1.29, 1.82) is 0 Å². The molecule has 0 unspecified atom stereocenters. The molecule has 0 bridgehead atoms. The van der Waals surface area contributed by atoms with Crippen LogP contribution in [0.25, 0.3) is 12.2 Å². The molecule has 0 fully saturated rings. The van der Waals surface area contributed by atoms with Crippen molar-refractivity contribution >= 4 is 12.2 Å². The van der Waals surface area contributed by atoms with E-state index >= 15 is 0 Å². The minimum absolute atomic E-state index is 1.13. The highest BCUT2D eigenvalue weighted by Gasteiger charge is 1.91. The summed E-state index contributed by atoms with van der Waals surface area (Å²) in [5.74, 6) is 0. The average Bonchev–Trinajstić information content (AvgIpc) is 2.10. The van der Waals surface area contributed by atoms with E-state index in [1.54, 1.807) is 0 Å². The van der Waals surface area contributed by atoms with Crippen molar-refractivity contribution in [1.82, 2.24) is 0 Å². The topological polar surface area (TPSA) is 0 Å². The van der Waals surface area contributed by atoms with E-state index in [9.17, 15) is 0 Å². The van der Waals surface area contributed by atoms with Crippen LogP contribution in [-0.4, -0.2) is 0 Å². The summed E-state index contributed by atoms with van der Waals surface area (Å²) < 4.78 is 0. The summed E-state index contributed by atoms with van der Waals surface area (Å²) in [6.45, 7) is 8.42. The SMILES string of the molecule is C=c1ccccc1=C(CC)CC. The lowest BCUT2D eigenvalue weighted by molar-refractivity contribution is 1.09. The Balaban J connectivity index is 3.42. The number of rotatable bonds is 2. The highest BCUT2D eigenvalue weighted by molar-refractivity contribution is 5.44. The maximum Gasteiger partial charge on any atom is -0.0198 e. The summed E-state index contributed by atoms with van der Waals surface area (Å²) in [5.41, 5.74) is 1.50. The monoisotopic (exact) mass is 160 g/mol. The molecule has 12 heavy (non-hydrogen) atoms. The van der Waals surface area contributed by atoms with E-state index in [0.29, 0.717) is 0 Å². The Kier molecular flexibility index (Phi) is 3.09. The second kappa shape index (κ2) is 4.10. The maximum atomic E-state index is 4.02. The molecule has 0 saturated heterocycles. The number of hydrogen-bond donors (Lipinski definition) is 0. The lowest BCUT2D eigenvalue weighted by atomic mass is 10.1. The molecule has 1 rings (SSSR count). The van der Waals surface area contributed by atoms with Crippen LogP contribution in [0.15, 0.2) is 24.3 Å². The molecule has 64 valence electrons. The highest BCUT2D eigenvalue weighted by atomic mass is 14.0. The molecular formula is C12H16. The van der Waals surface area contributed by atoms with Crippen LogP contribution < -0.4 is 10.4 Å². The largest absolute Gasteiger partial charge is 0.0912 e. The van der Waals surface area contributed by atoms with E-state index < -0.39 is 0 Å². The molecule has 0 heteroatoms. The van der Waals surface area contributed by atoms with Gasteiger partial charge in [0.1, 0.15) is 0 Å². The average molecular weight is 160 g/mol. The van der Waals surface area contributed by atoms with Crippen molar-refractivity contribution in [2.75, 3.05) is 0 Å². The number of hydrogen-bond acceptors (Lipinski definition) is 0. The predicted molar refractivity (Wildman–Crippen MR) is 55.2 cm³/mol. The summed E-state index contributed by atoms with van der Waals surface area (Å²) in [5, 5.41) is 2.48. The van der Waals surface area contributed by atoms with Crippen LogP contribution >= 0.6 is 0 Å². The molecule has 0 saturated carbocycles. The molecule has 0 heterocycles. The molecule has 0 atom stereocenters. The van der Waals surface area contributed by atoms with Gasteiger partial charge in [-0.1, -0.05) is 50.3 Å². The quantitative estimate of drug-likeness (QED) is 0.621. The van der Waals surface area contributed by atoms with E-state index in [2.05, 4.69) is 38.6 Å². The Morgan fingerprint density at radius 3 is 2.25 bits per heavy atom. The minimum Gasteiger partial charge on any atom is -0.0912 e. The van der Waals surface area contributed by atoms with Gasteiger partial charge in [-0.3, -0.25) is 0 Å². The normalized spacial score (nSPS) is 9.83. The molecule has 0 spiro atoms. The molecular weight excluding hydrogens is 144 g/mol. The predicted octanol–water partition coefficient (Wildman–Crippen LogP) is 2.07. The molecule has 0 radical (unpaired) electrons. The van der Waals surface area contributed by atoms with E-state index in [4.69, 9.17) is 0 Å². The van der Waals surface area contributed by atoms with Crippen molar-refractivity contribution in [2.24, 2.45) is 0 Å². The zero-order chi connectivity index (χ0) is 8.97. The van der Waals surface area contributed by atoms with Crippen LogP contribution in [0.1, 0.15) is 26.7 Å². The van der Waals surface area contributed by atoms with Gasteiger partial charge in [-0.2, -0.15) is 0 Å². The van der Waals surface area contributed by atoms with Crippen molar-refractivity contribution in [3.63, 3.8) is 0 Å². The molecule has 0 nitrogen and oxygen atoms in total. The van der Waals surface area contributed by atoms with Gasteiger partial charge < -0.3 is 0 Å². The van der Waals surface area contributed by atoms with Crippen LogP contribution in [0.5, 0.6) is 0 Å². The zero-order valence-corrected chi connectivity index (χ0v) is 7.93.